The zero-order valence-electron chi connectivity index (χ0n) is 13.4. The smallest absolute Gasteiger partial charge is 0.183 e. The zero-order chi connectivity index (χ0) is 18.1. The third-order valence-corrected chi connectivity index (χ3v) is 4.83. The van der Waals surface area contributed by atoms with Gasteiger partial charge in [-0.3, -0.25) is 4.79 Å². The highest BCUT2D eigenvalue weighted by atomic mass is 79.9. The number of hydrogen-bond donors (Lipinski definition) is 1. The lowest BCUT2D eigenvalue weighted by atomic mass is 10.0. The Morgan fingerprint density at radius 1 is 1.12 bits per heavy atom. The number of nitrogens with one attached hydrogen (secondary N) is 1. The van der Waals surface area contributed by atoms with Crippen molar-refractivity contribution in [2.24, 2.45) is 0 Å². The average molecular weight is 410 g/mol. The van der Waals surface area contributed by atoms with Gasteiger partial charge in [-0.05, 0) is 12.1 Å². The van der Waals surface area contributed by atoms with Crippen LogP contribution in [-0.2, 0) is 0 Å². The van der Waals surface area contributed by atoms with E-state index in [1.807, 2.05) is 0 Å². The molecule has 1 unspecified atom stereocenters. The van der Waals surface area contributed by atoms with E-state index < -0.39 is 16.5 Å². The summed E-state index contributed by atoms with van der Waals surface area (Å²) in [6, 6.07) is 6.67. The van der Waals surface area contributed by atoms with Crippen LogP contribution in [0.1, 0.15) is 20.7 Å². The van der Waals surface area contributed by atoms with E-state index in [4.69, 9.17) is 9.47 Å². The van der Waals surface area contributed by atoms with E-state index in [-0.39, 0.29) is 17.3 Å². The maximum Gasteiger partial charge on any atom is 0.183 e. The number of aromatic nitrogens is 1. The molecule has 1 aromatic heterocycles. The van der Waals surface area contributed by atoms with Crippen LogP contribution in [0.25, 0.3) is 10.9 Å². The molecule has 1 heterocycles. The molecule has 4 nitrogen and oxygen atoms in total. The second kappa shape index (κ2) is 6.84. The molecule has 3 aromatic rings. The van der Waals surface area contributed by atoms with Crippen molar-refractivity contribution < 1.29 is 23.0 Å². The molecule has 2 aromatic carbocycles. The van der Waals surface area contributed by atoms with Crippen LogP contribution in [0.2, 0.25) is 0 Å². The maximum atomic E-state index is 14.0. The van der Waals surface area contributed by atoms with Gasteiger partial charge in [0.05, 0.1) is 19.7 Å². The number of carbonyl (C=O) groups excluding carboxylic acids is 1. The minimum Gasteiger partial charge on any atom is -0.496 e. The number of benzene rings is 2. The summed E-state index contributed by atoms with van der Waals surface area (Å²) in [6.45, 7) is 0. The fourth-order valence-electron chi connectivity index (χ4n) is 2.66. The molecule has 1 N–H and O–H groups in total. The third kappa shape index (κ3) is 3.11. The molecule has 0 aliphatic heterocycles. The van der Waals surface area contributed by atoms with Gasteiger partial charge in [-0.1, -0.05) is 22.0 Å². The molecule has 0 spiro atoms. The third-order valence-electron chi connectivity index (χ3n) is 3.92. The molecule has 1 atom stereocenters. The molecular formula is C18H14BrF2NO3. The molecule has 0 aliphatic carbocycles. The summed E-state index contributed by atoms with van der Waals surface area (Å²) in [5.74, 6) is -0.990. The highest BCUT2D eigenvalue weighted by molar-refractivity contribution is 9.09. The Hall–Kier alpha value is -2.41. The summed E-state index contributed by atoms with van der Waals surface area (Å²) >= 11 is 3.34. The molecule has 7 heteroatoms. The fraction of sp³-hybridized carbons (Fsp3) is 0.167. The maximum absolute atomic E-state index is 14.0. The fourth-order valence-corrected chi connectivity index (χ4v) is 3.28. The summed E-state index contributed by atoms with van der Waals surface area (Å²) in [5, 5.41) is 0.439. The number of alkyl halides is 1. The first-order valence-electron chi connectivity index (χ1n) is 7.32. The Morgan fingerprint density at radius 2 is 1.84 bits per heavy atom. The SMILES string of the molecule is COc1cc2[nH]cc(C(=O)C(Br)c3ccc(F)cc3OC)c2cc1F. The number of aromatic amines is 1. The van der Waals surface area contributed by atoms with E-state index in [0.717, 1.165) is 0 Å². The summed E-state index contributed by atoms with van der Waals surface area (Å²) in [7, 11) is 2.77. The van der Waals surface area contributed by atoms with Crippen LogP contribution in [0, 0.1) is 11.6 Å². The van der Waals surface area contributed by atoms with Crippen molar-refractivity contribution in [3.63, 3.8) is 0 Å². The van der Waals surface area contributed by atoms with Gasteiger partial charge in [-0.15, -0.1) is 0 Å². The first-order chi connectivity index (χ1) is 12.0. The van der Waals surface area contributed by atoms with E-state index in [1.54, 1.807) is 0 Å². The lowest BCUT2D eigenvalue weighted by Gasteiger charge is -2.13. The number of methoxy groups -OCH3 is 2. The standard InChI is InChI=1S/C18H14BrF2NO3/c1-24-15-5-9(20)3-4-10(15)17(19)18(23)12-8-22-14-7-16(25-2)13(21)6-11(12)14/h3-8,17,22H,1-2H3. The van der Waals surface area contributed by atoms with Crippen molar-refractivity contribution in [1.29, 1.82) is 0 Å². The number of carbonyl (C=O) groups is 1. The van der Waals surface area contributed by atoms with Crippen LogP contribution in [0.15, 0.2) is 36.5 Å². The lowest BCUT2D eigenvalue weighted by Crippen LogP contribution is -2.08. The minimum atomic E-state index is -0.771. The molecule has 0 radical (unpaired) electrons. The Kier molecular flexibility index (Phi) is 4.76. The molecule has 130 valence electrons. The first kappa shape index (κ1) is 17.4. The van der Waals surface area contributed by atoms with E-state index in [0.29, 0.717) is 22.0 Å². The Labute approximate surface area is 150 Å². The number of ketones is 1. The summed E-state index contributed by atoms with van der Waals surface area (Å²) in [4.78, 5) is 15.0. The Balaban J connectivity index is 2.03. The topological polar surface area (TPSA) is 51.3 Å². The van der Waals surface area contributed by atoms with Gasteiger partial charge in [0.15, 0.2) is 17.3 Å². The number of ether oxygens (including phenoxy) is 2. The molecule has 3 rings (SSSR count). The number of H-pyrrole nitrogens is 1. The summed E-state index contributed by atoms with van der Waals surface area (Å²) < 4.78 is 37.4. The van der Waals surface area contributed by atoms with Gasteiger partial charge in [0, 0.05) is 34.8 Å². The van der Waals surface area contributed by atoms with Crippen LogP contribution in [-0.4, -0.2) is 25.0 Å². The molecule has 0 saturated carbocycles. The molecule has 0 fully saturated rings. The number of rotatable bonds is 5. The monoisotopic (exact) mass is 409 g/mol. The van der Waals surface area contributed by atoms with Gasteiger partial charge >= 0.3 is 0 Å². The van der Waals surface area contributed by atoms with Crippen LogP contribution in [0.5, 0.6) is 11.5 Å². The number of fused-ring (bicyclic) bond motifs is 1. The largest absolute Gasteiger partial charge is 0.496 e. The molecule has 25 heavy (non-hydrogen) atoms. The van der Waals surface area contributed by atoms with Gasteiger partial charge < -0.3 is 14.5 Å². The number of hydrogen-bond acceptors (Lipinski definition) is 3. The van der Waals surface area contributed by atoms with Crippen molar-refractivity contribution in [2.75, 3.05) is 14.2 Å². The van der Waals surface area contributed by atoms with Crippen molar-refractivity contribution in [2.45, 2.75) is 4.83 Å². The van der Waals surface area contributed by atoms with Gasteiger partial charge in [-0.25, -0.2) is 8.78 Å². The summed E-state index contributed by atoms with van der Waals surface area (Å²) in [5.41, 5.74) is 1.37. The molecular weight excluding hydrogens is 396 g/mol. The second-order valence-corrected chi connectivity index (χ2v) is 6.26. The molecule has 0 saturated heterocycles. The lowest BCUT2D eigenvalue weighted by molar-refractivity contribution is 0.0992. The van der Waals surface area contributed by atoms with E-state index >= 15 is 0 Å². The Bertz CT molecular complexity index is 955. The van der Waals surface area contributed by atoms with Crippen LogP contribution in [0.3, 0.4) is 0 Å². The van der Waals surface area contributed by atoms with Crippen LogP contribution >= 0.6 is 15.9 Å². The molecule has 0 amide bonds. The molecule has 0 aliphatic rings. The van der Waals surface area contributed by atoms with Crippen LogP contribution < -0.4 is 9.47 Å². The van der Waals surface area contributed by atoms with Gasteiger partial charge in [0.2, 0.25) is 0 Å². The minimum absolute atomic E-state index is 0.0870. The predicted molar refractivity (Wildman–Crippen MR) is 93.8 cm³/mol. The number of halogens is 3. The van der Waals surface area contributed by atoms with E-state index in [9.17, 15) is 13.6 Å². The highest BCUT2D eigenvalue weighted by Crippen LogP contribution is 2.36. The van der Waals surface area contributed by atoms with Gasteiger partial charge in [-0.2, -0.15) is 0 Å². The molecule has 0 bridgehead atoms. The van der Waals surface area contributed by atoms with Crippen LogP contribution in [0.4, 0.5) is 8.78 Å². The normalized spacial score (nSPS) is 12.2. The average Bonchev–Trinajstić information content (AvgIpc) is 3.02. The van der Waals surface area contributed by atoms with Crippen molar-refractivity contribution in [1.82, 2.24) is 4.98 Å². The first-order valence-corrected chi connectivity index (χ1v) is 8.24. The van der Waals surface area contributed by atoms with Crippen molar-refractivity contribution in [3.8, 4) is 11.5 Å². The summed E-state index contributed by atoms with van der Waals surface area (Å²) in [6.07, 6.45) is 1.51. The van der Waals surface area contributed by atoms with Gasteiger partial charge in [0.1, 0.15) is 16.4 Å². The highest BCUT2D eigenvalue weighted by Gasteiger charge is 2.25. The van der Waals surface area contributed by atoms with E-state index in [2.05, 4.69) is 20.9 Å². The van der Waals surface area contributed by atoms with E-state index in [1.165, 1.54) is 50.7 Å². The van der Waals surface area contributed by atoms with Gasteiger partial charge in [0.25, 0.3) is 0 Å². The quantitative estimate of drug-likeness (QED) is 0.487. The Morgan fingerprint density at radius 3 is 2.52 bits per heavy atom. The number of Topliss-reactive ketones (excluding diaryl/α,β-unsaturated/α-hetero) is 1. The van der Waals surface area contributed by atoms with Crippen molar-refractivity contribution in [3.05, 3.63) is 59.3 Å². The van der Waals surface area contributed by atoms with Crippen molar-refractivity contribution >= 4 is 32.6 Å². The second-order valence-electron chi connectivity index (χ2n) is 5.35. The zero-order valence-corrected chi connectivity index (χ0v) is 15.0. The predicted octanol–water partition coefficient (Wildman–Crippen LogP) is 4.78.